The number of hydrogen-bond donors (Lipinski definition) is 2. The van der Waals surface area contributed by atoms with E-state index in [4.69, 9.17) is 11.6 Å². The number of carbonyl (C=O) groups excluding carboxylic acids is 1. The highest BCUT2D eigenvalue weighted by Crippen LogP contribution is 2.26. The highest BCUT2D eigenvalue weighted by Gasteiger charge is 2.29. The van der Waals surface area contributed by atoms with Crippen molar-refractivity contribution in [3.63, 3.8) is 0 Å². The van der Waals surface area contributed by atoms with Gasteiger partial charge >= 0.3 is 0 Å². The van der Waals surface area contributed by atoms with Gasteiger partial charge in [-0.25, -0.2) is 18.4 Å². The molecule has 2 N–H and O–H groups in total. The van der Waals surface area contributed by atoms with Gasteiger partial charge in [-0.15, -0.1) is 0 Å². The predicted molar refractivity (Wildman–Crippen MR) is 139 cm³/mol. The highest BCUT2D eigenvalue weighted by atomic mass is 35.5. The van der Waals surface area contributed by atoms with Crippen LogP contribution in [0.25, 0.3) is 0 Å². The van der Waals surface area contributed by atoms with Crippen LogP contribution in [0.3, 0.4) is 0 Å². The Morgan fingerprint density at radius 1 is 1.03 bits per heavy atom. The summed E-state index contributed by atoms with van der Waals surface area (Å²) in [5.41, 5.74) is 0.902. The quantitative estimate of drug-likeness (QED) is 0.474. The molecule has 1 aliphatic rings. The van der Waals surface area contributed by atoms with Crippen LogP contribution >= 0.6 is 11.6 Å². The molecule has 0 atom stereocenters. The largest absolute Gasteiger partial charge is 0.363 e. The summed E-state index contributed by atoms with van der Waals surface area (Å²) in [7, 11) is -0.143. The Kier molecular flexibility index (Phi) is 7.75. The van der Waals surface area contributed by atoms with Crippen LogP contribution < -0.4 is 15.5 Å². The van der Waals surface area contributed by atoms with Crippen LogP contribution in [0.1, 0.15) is 41.7 Å². The second-order valence-electron chi connectivity index (χ2n) is 9.07. The third kappa shape index (κ3) is 5.93. The van der Waals surface area contributed by atoms with E-state index in [0.717, 1.165) is 37.2 Å². The number of carbonyl (C=O) groups is 1. The molecule has 2 heterocycles. The normalized spacial score (nSPS) is 17.9. The van der Waals surface area contributed by atoms with Gasteiger partial charge in [0.25, 0.3) is 5.91 Å². The molecule has 1 saturated carbocycles. The molecular weight excluding hydrogens is 500 g/mol. The molecule has 1 aromatic carbocycles. The number of benzene rings is 1. The fourth-order valence-corrected chi connectivity index (χ4v) is 5.86. The van der Waals surface area contributed by atoms with Crippen molar-refractivity contribution < 1.29 is 13.2 Å². The Morgan fingerprint density at radius 2 is 1.75 bits per heavy atom. The molecule has 3 aromatic rings. The fourth-order valence-electron chi connectivity index (χ4n) is 4.20. The Balaban J connectivity index is 1.41. The van der Waals surface area contributed by atoms with E-state index in [2.05, 4.69) is 25.6 Å². The van der Waals surface area contributed by atoms with Gasteiger partial charge in [-0.2, -0.15) is 4.98 Å². The van der Waals surface area contributed by atoms with Crippen molar-refractivity contribution in [1.29, 1.82) is 0 Å². The maximum Gasteiger partial charge on any atom is 0.254 e. The number of nitrogens with zero attached hydrogens (tertiary/aromatic N) is 4. The zero-order chi connectivity index (χ0) is 25.9. The third-order valence-electron chi connectivity index (χ3n) is 6.07. The Labute approximate surface area is 216 Å². The smallest absolute Gasteiger partial charge is 0.254 e. The maximum absolute atomic E-state index is 13.2. The molecule has 11 heteroatoms. The second-order valence-corrected chi connectivity index (χ2v) is 11.4. The molecule has 190 valence electrons. The van der Waals surface area contributed by atoms with Gasteiger partial charge in [0.2, 0.25) is 15.8 Å². The molecule has 4 rings (SSSR count). The zero-order valence-electron chi connectivity index (χ0n) is 20.4. The molecule has 2 aromatic heterocycles. The van der Waals surface area contributed by atoms with Crippen LogP contribution in [0.5, 0.6) is 0 Å². The van der Waals surface area contributed by atoms with E-state index in [1.165, 1.54) is 24.4 Å². The molecule has 0 spiro atoms. The molecule has 0 radical (unpaired) electrons. The minimum absolute atomic E-state index is 0.00914. The first-order chi connectivity index (χ1) is 17.1. The maximum atomic E-state index is 13.2. The van der Waals surface area contributed by atoms with Gasteiger partial charge in [0.1, 0.15) is 5.82 Å². The molecule has 9 nitrogen and oxygen atoms in total. The van der Waals surface area contributed by atoms with Crippen LogP contribution in [0.4, 0.5) is 11.8 Å². The van der Waals surface area contributed by atoms with Gasteiger partial charge in [0, 0.05) is 49.2 Å². The molecular formula is C25H29ClN6O3S. The number of nitrogens with one attached hydrogen (secondary N) is 2. The number of anilines is 2. The molecule has 0 bridgehead atoms. The topological polar surface area (TPSA) is 117 Å². The molecule has 1 amide bonds. The van der Waals surface area contributed by atoms with Gasteiger partial charge in [0.05, 0.1) is 10.5 Å². The van der Waals surface area contributed by atoms with Crippen molar-refractivity contribution in [3.8, 4) is 0 Å². The van der Waals surface area contributed by atoms with Crippen LogP contribution in [-0.2, 0) is 9.84 Å². The summed E-state index contributed by atoms with van der Waals surface area (Å²) in [6, 6.07) is 11.0. The summed E-state index contributed by atoms with van der Waals surface area (Å²) >= 11 is 5.98. The Hall–Kier alpha value is -3.24. The highest BCUT2D eigenvalue weighted by molar-refractivity contribution is 7.91. The molecule has 36 heavy (non-hydrogen) atoms. The fraction of sp³-hybridized carbons (Fsp3) is 0.360. The van der Waals surface area contributed by atoms with Gasteiger partial charge < -0.3 is 15.5 Å². The predicted octanol–water partition coefficient (Wildman–Crippen LogP) is 3.89. The van der Waals surface area contributed by atoms with Crippen molar-refractivity contribution in [2.45, 2.75) is 54.6 Å². The molecule has 0 saturated heterocycles. The first-order valence-electron chi connectivity index (χ1n) is 11.7. The van der Waals surface area contributed by atoms with Crippen molar-refractivity contribution in [2.75, 3.05) is 24.3 Å². The van der Waals surface area contributed by atoms with Crippen molar-refractivity contribution >= 4 is 39.1 Å². The Morgan fingerprint density at radius 3 is 2.44 bits per heavy atom. The van der Waals surface area contributed by atoms with Crippen LogP contribution in [0, 0.1) is 6.92 Å². The van der Waals surface area contributed by atoms with Crippen LogP contribution in [0.15, 0.2) is 58.6 Å². The Bertz CT molecular complexity index is 1360. The summed E-state index contributed by atoms with van der Waals surface area (Å²) in [5, 5.41) is 6.41. The van der Waals surface area contributed by atoms with Crippen molar-refractivity contribution in [1.82, 2.24) is 20.3 Å². The molecule has 1 fully saturated rings. The standard InChI is InChI=1S/C25H29ClN6O3S/c1-16-14-22(32(2)3)31-25(28-16)30-19-11-9-18(10-12-19)29-23(33)21-8-5-13-27-24(21)36(34,35)20-7-4-6-17(26)15-20/h4-8,13-15,18-19H,9-12H2,1-3H3,(H,29,33)(H,28,30,31)/t18-,19+. The lowest BCUT2D eigenvalue weighted by atomic mass is 9.91. The van der Waals surface area contributed by atoms with E-state index in [0.29, 0.717) is 5.95 Å². The summed E-state index contributed by atoms with van der Waals surface area (Å²) in [6.45, 7) is 1.94. The number of aryl methyl sites for hydroxylation is 1. The van der Waals surface area contributed by atoms with Crippen LogP contribution in [0.2, 0.25) is 5.02 Å². The second kappa shape index (κ2) is 10.8. The van der Waals surface area contributed by atoms with Crippen molar-refractivity contribution in [3.05, 3.63) is 64.9 Å². The zero-order valence-corrected chi connectivity index (χ0v) is 22.0. The van der Waals surface area contributed by atoms with E-state index in [-0.39, 0.29) is 32.6 Å². The number of amides is 1. The van der Waals surface area contributed by atoms with Gasteiger partial charge in [0.15, 0.2) is 5.03 Å². The van der Waals surface area contributed by atoms with E-state index < -0.39 is 15.7 Å². The lowest BCUT2D eigenvalue weighted by Crippen LogP contribution is -2.40. The van der Waals surface area contributed by atoms with Gasteiger partial charge in [-0.05, 0) is 62.9 Å². The van der Waals surface area contributed by atoms with Gasteiger partial charge in [-0.1, -0.05) is 17.7 Å². The minimum atomic E-state index is -4.02. The number of sulfone groups is 1. The van der Waals surface area contributed by atoms with E-state index >= 15 is 0 Å². The number of halogens is 1. The number of pyridine rings is 1. The van der Waals surface area contributed by atoms with Crippen LogP contribution in [-0.4, -0.2) is 55.5 Å². The summed E-state index contributed by atoms with van der Waals surface area (Å²) in [4.78, 5) is 28.1. The van der Waals surface area contributed by atoms with E-state index in [1.807, 2.05) is 32.0 Å². The lowest BCUT2D eigenvalue weighted by molar-refractivity contribution is 0.0922. The minimum Gasteiger partial charge on any atom is -0.363 e. The molecule has 0 aliphatic heterocycles. The number of hydrogen-bond acceptors (Lipinski definition) is 8. The SMILES string of the molecule is Cc1cc(N(C)C)nc(N[C@H]2CC[C@@H](NC(=O)c3cccnc3S(=O)(=O)c3cccc(Cl)c3)CC2)n1. The number of rotatable bonds is 7. The summed E-state index contributed by atoms with van der Waals surface area (Å²) < 4.78 is 26.4. The van der Waals surface area contributed by atoms with E-state index in [9.17, 15) is 13.2 Å². The van der Waals surface area contributed by atoms with Gasteiger partial charge in [-0.3, -0.25) is 4.79 Å². The van der Waals surface area contributed by atoms with E-state index in [1.54, 1.807) is 18.2 Å². The summed E-state index contributed by atoms with van der Waals surface area (Å²) in [5.74, 6) is 0.973. The molecule has 1 aliphatic carbocycles. The average molecular weight is 529 g/mol. The lowest BCUT2D eigenvalue weighted by Gasteiger charge is -2.30. The van der Waals surface area contributed by atoms with Crippen molar-refractivity contribution in [2.24, 2.45) is 0 Å². The average Bonchev–Trinajstić information content (AvgIpc) is 2.85. The number of aromatic nitrogens is 3. The first-order valence-corrected chi connectivity index (χ1v) is 13.6. The monoisotopic (exact) mass is 528 g/mol. The summed E-state index contributed by atoms with van der Waals surface area (Å²) in [6.07, 6.45) is 4.49. The first kappa shape index (κ1) is 25.8. The molecule has 0 unspecified atom stereocenters. The third-order valence-corrected chi connectivity index (χ3v) is 8.02.